The average molecular weight is 453 g/mol. The number of imidazole rings is 1. The Bertz CT molecular complexity index is 1280. The monoisotopic (exact) mass is 453 g/mol. The maximum Gasteiger partial charge on any atom is 0.426 e. The van der Waals surface area contributed by atoms with Crippen molar-refractivity contribution in [2.24, 2.45) is 0 Å². The molecule has 0 fully saturated rings. The Hall–Kier alpha value is -3.12. The number of ether oxygens (including phenoxy) is 2. The number of pyridine rings is 1. The molecule has 0 saturated carbocycles. The van der Waals surface area contributed by atoms with Crippen LogP contribution in [0.4, 0.5) is 4.79 Å². The number of amides is 1. The van der Waals surface area contributed by atoms with E-state index in [0.29, 0.717) is 12.4 Å². The number of rotatable bonds is 7. The zero-order valence-electron chi connectivity index (χ0n) is 16.1. The lowest BCUT2D eigenvalue weighted by Crippen LogP contribution is -2.34. The predicted octanol–water partition coefficient (Wildman–Crippen LogP) is 2.00. The number of carbonyl (C=O) groups is 1. The molecule has 30 heavy (non-hydrogen) atoms. The van der Waals surface area contributed by atoms with Gasteiger partial charge in [0.2, 0.25) is 0 Å². The Morgan fingerprint density at radius 2 is 1.73 bits per heavy atom. The highest BCUT2D eigenvalue weighted by Crippen LogP contribution is 2.26. The molecule has 160 valence electrons. The van der Waals surface area contributed by atoms with Gasteiger partial charge in [-0.25, -0.2) is 22.9 Å². The van der Waals surface area contributed by atoms with Crippen LogP contribution in [-0.4, -0.2) is 44.7 Å². The van der Waals surface area contributed by atoms with Crippen molar-refractivity contribution in [3.8, 4) is 11.5 Å². The van der Waals surface area contributed by atoms with E-state index in [1.54, 1.807) is 29.8 Å². The quantitative estimate of drug-likeness (QED) is 0.574. The normalized spacial score (nSPS) is 11.9. The lowest BCUT2D eigenvalue weighted by molar-refractivity contribution is 0.206. The van der Waals surface area contributed by atoms with Crippen molar-refractivity contribution >= 4 is 31.6 Å². The maximum absolute atomic E-state index is 13.0. The standard InChI is InChI=1S/C18H19N3O7S2/c1-3-27-14-10-11-15-19-16(29(23,24)4-2)17(21(15)12-14)30(25,26)20-18(22)28-13-8-6-5-7-9-13/h5-12H,3-4H2,1-2H3,(H,20,22). The Balaban J connectivity index is 2.10. The van der Waals surface area contributed by atoms with Gasteiger partial charge in [0.05, 0.1) is 18.6 Å². The number of nitrogens with one attached hydrogen (secondary N) is 1. The first-order valence-electron chi connectivity index (χ1n) is 8.85. The number of para-hydroxylation sites is 1. The zero-order chi connectivity index (χ0) is 21.9. The first-order valence-corrected chi connectivity index (χ1v) is 12.0. The maximum atomic E-state index is 13.0. The molecule has 2 aromatic heterocycles. The highest BCUT2D eigenvalue weighted by atomic mass is 32.2. The number of aromatic nitrogens is 2. The van der Waals surface area contributed by atoms with Gasteiger partial charge in [-0.3, -0.25) is 4.40 Å². The molecule has 0 radical (unpaired) electrons. The average Bonchev–Trinajstić information content (AvgIpc) is 3.09. The fourth-order valence-electron chi connectivity index (χ4n) is 2.59. The lowest BCUT2D eigenvalue weighted by atomic mass is 10.3. The Labute approximate surface area is 173 Å². The molecule has 0 saturated heterocycles. The minimum atomic E-state index is -4.68. The Morgan fingerprint density at radius 1 is 1.03 bits per heavy atom. The van der Waals surface area contributed by atoms with Crippen LogP contribution in [0.25, 0.3) is 5.65 Å². The summed E-state index contributed by atoms with van der Waals surface area (Å²) < 4.78 is 64.1. The molecule has 1 amide bonds. The van der Waals surface area contributed by atoms with E-state index in [9.17, 15) is 21.6 Å². The van der Waals surface area contributed by atoms with E-state index < -0.39 is 36.0 Å². The second kappa shape index (κ2) is 8.32. The summed E-state index contributed by atoms with van der Waals surface area (Å²) in [5.74, 6) is 0.0289. The number of sulfonamides is 1. The summed E-state index contributed by atoms with van der Waals surface area (Å²) >= 11 is 0. The molecule has 0 bridgehead atoms. The lowest BCUT2D eigenvalue weighted by Gasteiger charge is -2.10. The third-order valence-corrected chi connectivity index (χ3v) is 7.03. The van der Waals surface area contributed by atoms with Gasteiger partial charge >= 0.3 is 6.09 Å². The Kier molecular flexibility index (Phi) is 5.99. The number of benzene rings is 1. The summed E-state index contributed by atoms with van der Waals surface area (Å²) in [6, 6.07) is 10.8. The predicted molar refractivity (Wildman–Crippen MR) is 107 cm³/mol. The van der Waals surface area contributed by atoms with Gasteiger partial charge in [0, 0.05) is 0 Å². The number of fused-ring (bicyclic) bond motifs is 1. The third-order valence-electron chi connectivity index (χ3n) is 3.93. The van der Waals surface area contributed by atoms with Crippen molar-refractivity contribution < 1.29 is 31.1 Å². The summed E-state index contributed by atoms with van der Waals surface area (Å²) in [7, 11) is -8.71. The van der Waals surface area contributed by atoms with Crippen molar-refractivity contribution in [3.05, 3.63) is 48.7 Å². The van der Waals surface area contributed by atoms with E-state index >= 15 is 0 Å². The van der Waals surface area contributed by atoms with Crippen molar-refractivity contribution in [1.82, 2.24) is 14.1 Å². The number of sulfone groups is 1. The summed E-state index contributed by atoms with van der Waals surface area (Å²) in [6.07, 6.45) is -0.00519. The van der Waals surface area contributed by atoms with Gasteiger partial charge in [0.15, 0.2) is 19.9 Å². The first-order chi connectivity index (χ1) is 14.2. The van der Waals surface area contributed by atoms with Crippen LogP contribution in [0.2, 0.25) is 0 Å². The van der Waals surface area contributed by atoms with Gasteiger partial charge in [0.25, 0.3) is 10.0 Å². The van der Waals surface area contributed by atoms with Gasteiger partial charge in [0.1, 0.15) is 17.1 Å². The minimum Gasteiger partial charge on any atom is -0.492 e. The van der Waals surface area contributed by atoms with Gasteiger partial charge in [-0.2, -0.15) is 8.42 Å². The van der Waals surface area contributed by atoms with Crippen molar-refractivity contribution in [1.29, 1.82) is 0 Å². The zero-order valence-corrected chi connectivity index (χ0v) is 17.7. The van der Waals surface area contributed by atoms with E-state index in [4.69, 9.17) is 9.47 Å². The molecule has 0 aliphatic carbocycles. The fourth-order valence-corrected chi connectivity index (χ4v) is 5.21. The van der Waals surface area contributed by atoms with Crippen LogP contribution in [0.1, 0.15) is 13.8 Å². The van der Waals surface area contributed by atoms with Crippen LogP contribution in [-0.2, 0) is 19.9 Å². The summed E-state index contributed by atoms with van der Waals surface area (Å²) in [4.78, 5) is 16.1. The van der Waals surface area contributed by atoms with E-state index in [1.807, 2.05) is 0 Å². The molecule has 0 atom stereocenters. The topological polar surface area (TPSA) is 133 Å². The minimum absolute atomic E-state index is 0.0577. The van der Waals surface area contributed by atoms with E-state index in [-0.39, 0.29) is 17.1 Å². The number of nitrogens with zero attached hydrogens (tertiary/aromatic N) is 2. The molecule has 1 aromatic carbocycles. The number of hydrogen-bond acceptors (Lipinski definition) is 8. The largest absolute Gasteiger partial charge is 0.492 e. The van der Waals surface area contributed by atoms with Crippen LogP contribution in [0.3, 0.4) is 0 Å². The smallest absolute Gasteiger partial charge is 0.426 e. The van der Waals surface area contributed by atoms with Crippen LogP contribution in [0.15, 0.2) is 58.7 Å². The molecule has 1 N–H and O–H groups in total. The van der Waals surface area contributed by atoms with E-state index in [1.165, 1.54) is 37.4 Å². The second-order valence-corrected chi connectivity index (χ2v) is 9.75. The second-order valence-electron chi connectivity index (χ2n) is 5.96. The molecule has 12 heteroatoms. The van der Waals surface area contributed by atoms with E-state index in [2.05, 4.69) is 4.98 Å². The molecule has 10 nitrogen and oxygen atoms in total. The van der Waals surface area contributed by atoms with Crippen LogP contribution < -0.4 is 14.2 Å². The van der Waals surface area contributed by atoms with Crippen molar-refractivity contribution in [3.63, 3.8) is 0 Å². The number of hydrogen-bond donors (Lipinski definition) is 1. The number of carbonyl (C=O) groups excluding carboxylic acids is 1. The first kappa shape index (κ1) is 21.6. The molecule has 0 aliphatic heterocycles. The summed E-state index contributed by atoms with van der Waals surface area (Å²) in [5.41, 5.74) is 0.0577. The molecule has 0 spiro atoms. The highest BCUT2D eigenvalue weighted by Gasteiger charge is 2.33. The van der Waals surface area contributed by atoms with E-state index in [0.717, 1.165) is 4.40 Å². The fraction of sp³-hybridized carbons (Fsp3) is 0.222. The van der Waals surface area contributed by atoms with Gasteiger partial charge < -0.3 is 9.47 Å². The van der Waals surface area contributed by atoms with Crippen LogP contribution >= 0.6 is 0 Å². The SMILES string of the molecule is CCOc1ccc2nc(S(=O)(=O)CC)c(S(=O)(=O)NC(=O)Oc3ccccc3)n2c1. The molecule has 2 heterocycles. The van der Waals surface area contributed by atoms with Gasteiger partial charge in [-0.1, -0.05) is 25.1 Å². The Morgan fingerprint density at radius 3 is 2.37 bits per heavy atom. The molecule has 3 rings (SSSR count). The van der Waals surface area contributed by atoms with Crippen molar-refractivity contribution in [2.75, 3.05) is 12.4 Å². The molecule has 0 unspecified atom stereocenters. The molecule has 0 aliphatic rings. The molecular weight excluding hydrogens is 434 g/mol. The molecule has 3 aromatic rings. The molecular formula is C18H19N3O7S2. The van der Waals surface area contributed by atoms with Gasteiger partial charge in [-0.15, -0.1) is 0 Å². The summed E-state index contributed by atoms with van der Waals surface area (Å²) in [6.45, 7) is 3.41. The summed E-state index contributed by atoms with van der Waals surface area (Å²) in [5, 5.41) is -1.37. The van der Waals surface area contributed by atoms with Crippen LogP contribution in [0, 0.1) is 0 Å². The van der Waals surface area contributed by atoms with Gasteiger partial charge in [-0.05, 0) is 31.2 Å². The third kappa shape index (κ3) is 4.39. The van der Waals surface area contributed by atoms with Crippen LogP contribution in [0.5, 0.6) is 11.5 Å². The highest BCUT2D eigenvalue weighted by molar-refractivity contribution is 7.93. The van der Waals surface area contributed by atoms with Crippen molar-refractivity contribution in [2.45, 2.75) is 23.9 Å².